The second-order valence-corrected chi connectivity index (χ2v) is 7.31. The Morgan fingerprint density at radius 1 is 1.26 bits per heavy atom. The maximum absolute atomic E-state index is 13.9. The minimum Gasteiger partial charge on any atom is -0.355 e. The van der Waals surface area contributed by atoms with Gasteiger partial charge in [-0.1, -0.05) is 19.4 Å². The normalized spacial score (nSPS) is 17.2. The number of anilines is 3. The van der Waals surface area contributed by atoms with Gasteiger partial charge in [-0.2, -0.15) is 4.98 Å². The van der Waals surface area contributed by atoms with E-state index in [0.29, 0.717) is 23.2 Å². The zero-order valence-corrected chi connectivity index (χ0v) is 16.6. The number of hydrogen-bond donors (Lipinski definition) is 2. The molecule has 1 aromatic carbocycles. The summed E-state index contributed by atoms with van der Waals surface area (Å²) in [7, 11) is 2.01. The summed E-state index contributed by atoms with van der Waals surface area (Å²) in [5.74, 6) is 1.26. The van der Waals surface area contributed by atoms with Crippen LogP contribution in [-0.4, -0.2) is 36.1 Å². The van der Waals surface area contributed by atoms with Crippen molar-refractivity contribution in [3.8, 4) is 0 Å². The van der Waals surface area contributed by atoms with Gasteiger partial charge in [-0.15, -0.1) is 0 Å². The van der Waals surface area contributed by atoms with Gasteiger partial charge in [0.2, 0.25) is 5.95 Å². The quantitative estimate of drug-likeness (QED) is 0.764. The first-order valence-electron chi connectivity index (χ1n) is 9.92. The fourth-order valence-corrected chi connectivity index (χ4v) is 3.41. The maximum atomic E-state index is 13.9. The molecule has 0 bridgehead atoms. The highest BCUT2D eigenvalue weighted by Gasteiger charge is 2.20. The molecular weight excluding hydrogens is 341 g/mol. The van der Waals surface area contributed by atoms with Crippen molar-refractivity contribution in [2.75, 3.05) is 30.4 Å². The molecule has 1 aliphatic rings. The van der Waals surface area contributed by atoms with E-state index >= 15 is 0 Å². The summed E-state index contributed by atoms with van der Waals surface area (Å²) >= 11 is 0. The Morgan fingerprint density at radius 2 is 2.11 bits per heavy atom. The first-order chi connectivity index (χ1) is 13.1. The molecular formula is C21H30FN5. The molecule has 1 fully saturated rings. The van der Waals surface area contributed by atoms with Crippen molar-refractivity contribution in [2.24, 2.45) is 0 Å². The Labute approximate surface area is 161 Å². The molecule has 1 atom stereocenters. The van der Waals surface area contributed by atoms with Crippen molar-refractivity contribution >= 4 is 17.5 Å². The lowest BCUT2D eigenvalue weighted by Crippen LogP contribution is -2.44. The van der Waals surface area contributed by atoms with Crippen LogP contribution < -0.4 is 15.5 Å². The molecule has 2 aromatic rings. The van der Waals surface area contributed by atoms with E-state index in [1.165, 1.54) is 12.5 Å². The van der Waals surface area contributed by atoms with Gasteiger partial charge in [0, 0.05) is 36.6 Å². The number of halogens is 1. The Balaban J connectivity index is 1.86. The lowest BCUT2D eigenvalue weighted by atomic mass is 10.1. The van der Waals surface area contributed by atoms with Crippen molar-refractivity contribution in [3.05, 3.63) is 41.3 Å². The minimum atomic E-state index is -0.227. The second kappa shape index (κ2) is 9.13. The number of nitrogens with zero attached hydrogens (tertiary/aromatic N) is 3. The third-order valence-corrected chi connectivity index (χ3v) is 5.13. The topological polar surface area (TPSA) is 53.1 Å². The van der Waals surface area contributed by atoms with Crippen molar-refractivity contribution in [3.63, 3.8) is 0 Å². The number of unbranched alkanes of at least 4 members (excludes halogenated alkanes) is 1. The summed E-state index contributed by atoms with van der Waals surface area (Å²) in [6, 6.07) is 7.71. The van der Waals surface area contributed by atoms with Gasteiger partial charge in [0.15, 0.2) is 0 Å². The van der Waals surface area contributed by atoms with Gasteiger partial charge < -0.3 is 15.5 Å². The van der Waals surface area contributed by atoms with Crippen LogP contribution >= 0.6 is 0 Å². The largest absolute Gasteiger partial charge is 0.355 e. The molecule has 0 spiro atoms. The number of aromatic nitrogens is 2. The summed E-state index contributed by atoms with van der Waals surface area (Å²) in [5, 5.41) is 6.57. The zero-order chi connectivity index (χ0) is 19.2. The summed E-state index contributed by atoms with van der Waals surface area (Å²) in [5.41, 5.74) is 2.33. The predicted molar refractivity (Wildman–Crippen MR) is 109 cm³/mol. The van der Waals surface area contributed by atoms with Crippen LogP contribution in [0.5, 0.6) is 0 Å². The van der Waals surface area contributed by atoms with E-state index in [1.807, 2.05) is 13.1 Å². The van der Waals surface area contributed by atoms with E-state index in [-0.39, 0.29) is 5.82 Å². The highest BCUT2D eigenvalue weighted by atomic mass is 19.1. The number of hydrogen-bond acceptors (Lipinski definition) is 5. The van der Waals surface area contributed by atoms with Crippen molar-refractivity contribution < 1.29 is 4.39 Å². The molecule has 1 unspecified atom stereocenters. The van der Waals surface area contributed by atoms with E-state index < -0.39 is 0 Å². The van der Waals surface area contributed by atoms with Gasteiger partial charge in [0.1, 0.15) is 11.6 Å². The fourth-order valence-electron chi connectivity index (χ4n) is 3.41. The zero-order valence-electron chi connectivity index (χ0n) is 16.6. The first kappa shape index (κ1) is 19.5. The third-order valence-electron chi connectivity index (χ3n) is 5.13. The van der Waals surface area contributed by atoms with Crippen LogP contribution in [-0.2, 0) is 6.42 Å². The number of likely N-dealkylation sites (N-methyl/N-ethyl adjacent to an activating group) is 1. The monoisotopic (exact) mass is 371 g/mol. The van der Waals surface area contributed by atoms with Gasteiger partial charge in [-0.3, -0.25) is 0 Å². The van der Waals surface area contributed by atoms with Crippen LogP contribution in [0.15, 0.2) is 24.3 Å². The van der Waals surface area contributed by atoms with Crippen LogP contribution in [0.2, 0.25) is 0 Å². The molecule has 2 heterocycles. The predicted octanol–water partition coefficient (Wildman–Crippen LogP) is 4.20. The van der Waals surface area contributed by atoms with Crippen molar-refractivity contribution in [1.82, 2.24) is 15.3 Å². The first-order valence-corrected chi connectivity index (χ1v) is 9.92. The van der Waals surface area contributed by atoms with E-state index in [0.717, 1.165) is 50.3 Å². The van der Waals surface area contributed by atoms with Gasteiger partial charge in [-0.05, 0) is 57.4 Å². The Bertz CT molecular complexity index is 764. The van der Waals surface area contributed by atoms with Crippen molar-refractivity contribution in [2.45, 2.75) is 52.0 Å². The summed E-state index contributed by atoms with van der Waals surface area (Å²) in [6.45, 7) is 5.88. The Morgan fingerprint density at radius 3 is 2.85 bits per heavy atom. The van der Waals surface area contributed by atoms with E-state index in [4.69, 9.17) is 4.98 Å². The number of nitrogens with one attached hydrogen (secondary N) is 2. The van der Waals surface area contributed by atoms with Crippen LogP contribution in [0.3, 0.4) is 0 Å². The van der Waals surface area contributed by atoms with E-state index in [2.05, 4.69) is 33.5 Å². The molecule has 6 heteroatoms. The highest BCUT2D eigenvalue weighted by Crippen LogP contribution is 2.23. The molecule has 1 aliphatic heterocycles. The van der Waals surface area contributed by atoms with Gasteiger partial charge in [-0.25, -0.2) is 9.37 Å². The van der Waals surface area contributed by atoms with Gasteiger partial charge >= 0.3 is 0 Å². The van der Waals surface area contributed by atoms with Gasteiger partial charge in [0.25, 0.3) is 0 Å². The number of benzene rings is 1. The van der Waals surface area contributed by atoms with Crippen molar-refractivity contribution in [1.29, 1.82) is 0 Å². The standard InChI is InChI=1S/C21H30FN5/c1-4-5-7-16-13-20(27-11-6-8-18(14-27)23-3)26-21(24-16)25-17-10-9-15(2)19(22)12-17/h9-10,12-13,18,23H,4-8,11,14H2,1-3H3,(H,24,25,26). The molecule has 5 nitrogen and oxygen atoms in total. The molecule has 2 N–H and O–H groups in total. The molecule has 146 valence electrons. The lowest BCUT2D eigenvalue weighted by molar-refractivity contribution is 0.447. The minimum absolute atomic E-state index is 0.227. The third kappa shape index (κ3) is 5.16. The Kier molecular flexibility index (Phi) is 6.61. The summed E-state index contributed by atoms with van der Waals surface area (Å²) in [6.07, 6.45) is 5.47. The van der Waals surface area contributed by atoms with E-state index in [9.17, 15) is 4.39 Å². The lowest BCUT2D eigenvalue weighted by Gasteiger charge is -2.33. The average Bonchev–Trinajstić information content (AvgIpc) is 2.69. The smallest absolute Gasteiger partial charge is 0.229 e. The molecule has 0 saturated carbocycles. The SMILES string of the molecule is CCCCc1cc(N2CCCC(NC)C2)nc(Nc2ccc(C)c(F)c2)n1. The number of rotatable bonds is 7. The molecule has 0 radical (unpaired) electrons. The molecule has 1 saturated heterocycles. The molecule has 0 amide bonds. The number of aryl methyl sites for hydroxylation is 2. The summed E-state index contributed by atoms with van der Waals surface area (Å²) in [4.78, 5) is 11.7. The molecule has 3 rings (SSSR count). The summed E-state index contributed by atoms with van der Waals surface area (Å²) < 4.78 is 13.9. The number of piperidine rings is 1. The molecule has 27 heavy (non-hydrogen) atoms. The van der Waals surface area contributed by atoms with Crippen LogP contribution in [0.25, 0.3) is 0 Å². The highest BCUT2D eigenvalue weighted by molar-refractivity contribution is 5.56. The molecule has 0 aliphatic carbocycles. The van der Waals surface area contributed by atoms with E-state index in [1.54, 1.807) is 13.0 Å². The van der Waals surface area contributed by atoms with Crippen LogP contribution in [0.1, 0.15) is 43.9 Å². The maximum Gasteiger partial charge on any atom is 0.229 e. The Hall–Kier alpha value is -2.21. The average molecular weight is 372 g/mol. The van der Waals surface area contributed by atoms with Gasteiger partial charge in [0.05, 0.1) is 0 Å². The second-order valence-electron chi connectivity index (χ2n) is 7.31. The van der Waals surface area contributed by atoms with Crippen LogP contribution in [0, 0.1) is 12.7 Å². The molecule has 1 aromatic heterocycles. The fraction of sp³-hybridized carbons (Fsp3) is 0.524. The van der Waals surface area contributed by atoms with Crippen LogP contribution in [0.4, 0.5) is 21.8 Å².